The smallest absolute Gasteiger partial charge is 0.326 e. The molecule has 0 aliphatic rings. The Balaban J connectivity index is 0.00000441. The highest BCUT2D eigenvalue weighted by atomic mass is 35.5. The predicted octanol–water partition coefficient (Wildman–Crippen LogP) is 1.96. The Morgan fingerprint density at radius 2 is 2.00 bits per heavy atom. The van der Waals surface area contributed by atoms with Crippen LogP contribution in [0.5, 0.6) is 0 Å². The zero-order valence-electron chi connectivity index (χ0n) is 12.0. The van der Waals surface area contributed by atoms with Crippen LogP contribution in [0.2, 0.25) is 0 Å². The number of benzene rings is 1. The number of aliphatic carboxylic acids is 1. The van der Waals surface area contributed by atoms with Gasteiger partial charge >= 0.3 is 5.97 Å². The summed E-state index contributed by atoms with van der Waals surface area (Å²) >= 11 is 0. The minimum absolute atomic E-state index is 0. The number of amides is 1. The Morgan fingerprint density at radius 1 is 1.32 bits per heavy atom. The molecule has 0 aliphatic heterocycles. The van der Waals surface area contributed by atoms with Crippen molar-refractivity contribution >= 4 is 30.4 Å². The molecule has 1 atom stereocenters. The van der Waals surface area contributed by atoms with Crippen LogP contribution in [0.3, 0.4) is 0 Å². The summed E-state index contributed by atoms with van der Waals surface area (Å²) in [5.74, 6) is -2.11. The third-order valence-electron chi connectivity index (χ3n) is 2.88. The first-order chi connectivity index (χ1) is 10.0. The highest BCUT2D eigenvalue weighted by Gasteiger charge is 2.18. The van der Waals surface area contributed by atoms with Crippen molar-refractivity contribution in [2.45, 2.75) is 25.3 Å². The summed E-state index contributed by atoms with van der Waals surface area (Å²) in [5, 5.41) is 11.4. The van der Waals surface area contributed by atoms with Gasteiger partial charge in [-0.3, -0.25) is 4.79 Å². The molecule has 1 rings (SSSR count). The van der Waals surface area contributed by atoms with Crippen LogP contribution < -0.4 is 11.1 Å². The van der Waals surface area contributed by atoms with Crippen molar-refractivity contribution in [1.29, 1.82) is 0 Å². The van der Waals surface area contributed by atoms with Gasteiger partial charge in [0.25, 0.3) is 0 Å². The van der Waals surface area contributed by atoms with Gasteiger partial charge in [-0.15, -0.1) is 12.4 Å². The molecule has 0 unspecified atom stereocenters. The third-order valence-corrected chi connectivity index (χ3v) is 2.88. The first-order valence-corrected chi connectivity index (χ1v) is 6.70. The minimum Gasteiger partial charge on any atom is -0.480 e. The Kier molecular flexibility index (Phi) is 9.82. The maximum atomic E-state index is 13.3. The second-order valence-electron chi connectivity index (χ2n) is 4.54. The van der Waals surface area contributed by atoms with E-state index < -0.39 is 23.7 Å². The number of carboxylic acid groups (broad SMARTS) is 1. The van der Waals surface area contributed by atoms with Crippen LogP contribution in [-0.4, -0.2) is 29.6 Å². The Bertz CT molecular complexity index is 523. The second kappa shape index (κ2) is 10.8. The number of carbonyl (C=O) groups excluding carboxylic acids is 1. The summed E-state index contributed by atoms with van der Waals surface area (Å²) in [6.07, 6.45) is 4.06. The molecule has 4 N–H and O–H groups in total. The first kappa shape index (κ1) is 20.1. The van der Waals surface area contributed by atoms with Crippen molar-refractivity contribution in [3.63, 3.8) is 0 Å². The van der Waals surface area contributed by atoms with Crippen molar-refractivity contribution in [2.75, 3.05) is 6.54 Å². The number of hydrogen-bond donors (Lipinski definition) is 3. The van der Waals surface area contributed by atoms with E-state index in [2.05, 4.69) is 5.32 Å². The van der Waals surface area contributed by atoms with Crippen molar-refractivity contribution in [3.05, 3.63) is 41.7 Å². The molecular formula is C15H20ClFN2O3. The zero-order valence-corrected chi connectivity index (χ0v) is 12.8. The lowest BCUT2D eigenvalue weighted by Gasteiger charge is -2.12. The number of carboxylic acids is 1. The van der Waals surface area contributed by atoms with Crippen LogP contribution >= 0.6 is 12.4 Å². The molecule has 122 valence electrons. The summed E-state index contributed by atoms with van der Waals surface area (Å²) < 4.78 is 13.3. The van der Waals surface area contributed by atoms with E-state index in [0.29, 0.717) is 25.8 Å². The van der Waals surface area contributed by atoms with Crippen LogP contribution in [0.1, 0.15) is 24.8 Å². The predicted molar refractivity (Wildman–Crippen MR) is 85.2 cm³/mol. The molecule has 0 aliphatic carbocycles. The number of nitrogens with one attached hydrogen (secondary N) is 1. The average Bonchev–Trinajstić information content (AvgIpc) is 2.45. The molecule has 1 amide bonds. The van der Waals surface area contributed by atoms with E-state index in [0.717, 1.165) is 6.08 Å². The van der Waals surface area contributed by atoms with Gasteiger partial charge in [0.05, 0.1) is 0 Å². The fourth-order valence-electron chi connectivity index (χ4n) is 1.75. The molecule has 0 fully saturated rings. The fourth-order valence-corrected chi connectivity index (χ4v) is 1.75. The Morgan fingerprint density at radius 3 is 2.59 bits per heavy atom. The molecule has 7 heteroatoms. The average molecular weight is 331 g/mol. The molecule has 0 heterocycles. The van der Waals surface area contributed by atoms with Gasteiger partial charge in [-0.05, 0) is 37.9 Å². The maximum Gasteiger partial charge on any atom is 0.326 e. The standard InChI is InChI=1S/C15H19FN2O3.ClH/c16-12-6-2-1-5-11(12)8-9-14(19)18-13(15(20)21)7-3-4-10-17;/h1-2,5-6,8-9,13H,3-4,7,10,17H2,(H,18,19)(H,20,21);1H/b9-8+;/t13-;/m0./s1. The van der Waals surface area contributed by atoms with Crippen molar-refractivity contribution in [1.82, 2.24) is 5.32 Å². The van der Waals surface area contributed by atoms with Crippen LogP contribution in [0, 0.1) is 5.82 Å². The van der Waals surface area contributed by atoms with Gasteiger partial charge in [-0.2, -0.15) is 0 Å². The molecule has 0 saturated carbocycles. The van der Waals surface area contributed by atoms with Gasteiger partial charge in [0, 0.05) is 11.6 Å². The van der Waals surface area contributed by atoms with E-state index in [-0.39, 0.29) is 18.0 Å². The van der Waals surface area contributed by atoms with E-state index in [9.17, 15) is 14.0 Å². The van der Waals surface area contributed by atoms with E-state index in [4.69, 9.17) is 10.8 Å². The molecule has 0 saturated heterocycles. The SMILES string of the molecule is Cl.NCCCC[C@H](NC(=O)/C=C/c1ccccc1F)C(=O)O. The molecule has 5 nitrogen and oxygen atoms in total. The highest BCUT2D eigenvalue weighted by molar-refractivity contribution is 5.94. The second-order valence-corrected chi connectivity index (χ2v) is 4.54. The van der Waals surface area contributed by atoms with E-state index >= 15 is 0 Å². The lowest BCUT2D eigenvalue weighted by Crippen LogP contribution is -2.39. The quantitative estimate of drug-likeness (QED) is 0.502. The van der Waals surface area contributed by atoms with Crippen molar-refractivity contribution in [2.24, 2.45) is 5.73 Å². The van der Waals surface area contributed by atoms with Crippen molar-refractivity contribution < 1.29 is 19.1 Å². The van der Waals surface area contributed by atoms with Gasteiger partial charge in [0.2, 0.25) is 5.91 Å². The lowest BCUT2D eigenvalue weighted by atomic mass is 10.1. The molecular weight excluding hydrogens is 311 g/mol. The number of nitrogens with two attached hydrogens (primary N) is 1. The van der Waals surface area contributed by atoms with E-state index in [1.807, 2.05) is 0 Å². The van der Waals surface area contributed by atoms with Gasteiger partial charge in [0.1, 0.15) is 11.9 Å². The van der Waals surface area contributed by atoms with Gasteiger partial charge in [-0.25, -0.2) is 9.18 Å². The monoisotopic (exact) mass is 330 g/mol. The van der Waals surface area contributed by atoms with Crippen LogP contribution in [0.25, 0.3) is 6.08 Å². The third kappa shape index (κ3) is 7.19. The Hall–Kier alpha value is -1.92. The Labute approximate surface area is 134 Å². The fraction of sp³-hybridized carbons (Fsp3) is 0.333. The van der Waals surface area contributed by atoms with Gasteiger partial charge < -0.3 is 16.2 Å². The minimum atomic E-state index is -1.10. The summed E-state index contributed by atoms with van der Waals surface area (Å²) in [4.78, 5) is 22.7. The molecule has 0 radical (unpaired) electrons. The van der Waals surface area contributed by atoms with Crippen LogP contribution in [0.4, 0.5) is 4.39 Å². The summed E-state index contributed by atoms with van der Waals surface area (Å²) in [6, 6.07) is 5.03. The van der Waals surface area contributed by atoms with Gasteiger partial charge in [0.15, 0.2) is 0 Å². The lowest BCUT2D eigenvalue weighted by molar-refractivity contribution is -0.141. The molecule has 1 aromatic carbocycles. The summed E-state index contributed by atoms with van der Waals surface area (Å²) in [7, 11) is 0. The molecule has 0 spiro atoms. The molecule has 0 aromatic heterocycles. The van der Waals surface area contributed by atoms with E-state index in [1.165, 1.54) is 18.2 Å². The summed E-state index contributed by atoms with van der Waals surface area (Å²) in [5.41, 5.74) is 5.60. The van der Waals surface area contributed by atoms with Crippen LogP contribution in [-0.2, 0) is 9.59 Å². The topological polar surface area (TPSA) is 92.4 Å². The summed E-state index contributed by atoms with van der Waals surface area (Å²) in [6.45, 7) is 0.480. The molecule has 22 heavy (non-hydrogen) atoms. The van der Waals surface area contributed by atoms with Crippen molar-refractivity contribution in [3.8, 4) is 0 Å². The molecule has 1 aromatic rings. The van der Waals surface area contributed by atoms with Gasteiger partial charge in [-0.1, -0.05) is 18.2 Å². The number of unbranched alkanes of at least 4 members (excludes halogenated alkanes) is 1. The number of hydrogen-bond acceptors (Lipinski definition) is 3. The number of carbonyl (C=O) groups is 2. The normalized spacial score (nSPS) is 11.7. The largest absolute Gasteiger partial charge is 0.480 e. The zero-order chi connectivity index (χ0) is 15.7. The number of halogens is 2. The number of rotatable bonds is 8. The maximum absolute atomic E-state index is 13.3. The molecule has 0 bridgehead atoms. The first-order valence-electron chi connectivity index (χ1n) is 6.70. The highest BCUT2D eigenvalue weighted by Crippen LogP contribution is 2.08. The van der Waals surface area contributed by atoms with E-state index in [1.54, 1.807) is 12.1 Å². The van der Waals surface area contributed by atoms with Crippen LogP contribution in [0.15, 0.2) is 30.3 Å².